The highest BCUT2D eigenvalue weighted by Gasteiger charge is 2.13. The molecule has 0 spiro atoms. The van der Waals surface area contributed by atoms with Crippen molar-refractivity contribution in [3.8, 4) is 12.3 Å². The van der Waals surface area contributed by atoms with Crippen LogP contribution in [0, 0.1) is 12.3 Å². The molecule has 0 atom stereocenters. The molecule has 2 rings (SSSR count). The van der Waals surface area contributed by atoms with Crippen molar-refractivity contribution < 1.29 is 4.79 Å². The molecular weight excluding hydrogens is 218 g/mol. The summed E-state index contributed by atoms with van der Waals surface area (Å²) in [6, 6.07) is 9.86. The third kappa shape index (κ3) is 1.93. The molecule has 0 aliphatic carbocycles. The molecule has 1 heterocycles. The average molecular weight is 229 g/mol. The Morgan fingerprint density at radius 3 is 2.94 bits per heavy atom. The van der Waals surface area contributed by atoms with Gasteiger partial charge < -0.3 is 4.90 Å². The standard InChI is InChI=1S/C13H11NOS/c1-3-8-14(2)13(15)12-9-10-6-4-5-7-11(10)16-12/h1,4-7,9H,8H2,2H3. The van der Waals surface area contributed by atoms with Crippen molar-refractivity contribution in [1.82, 2.24) is 4.90 Å². The van der Waals surface area contributed by atoms with E-state index in [4.69, 9.17) is 6.42 Å². The third-order valence-electron chi connectivity index (χ3n) is 2.31. The van der Waals surface area contributed by atoms with Gasteiger partial charge in [0.2, 0.25) is 0 Å². The molecule has 1 amide bonds. The Bertz CT molecular complexity index is 532. The Labute approximate surface area is 98.5 Å². The maximum absolute atomic E-state index is 11.9. The predicted octanol–water partition coefficient (Wildman–Crippen LogP) is 2.61. The van der Waals surface area contributed by atoms with Crippen LogP contribution < -0.4 is 0 Å². The zero-order valence-electron chi connectivity index (χ0n) is 8.93. The number of terminal acetylenes is 1. The van der Waals surface area contributed by atoms with E-state index >= 15 is 0 Å². The molecule has 0 aliphatic heterocycles. The van der Waals surface area contributed by atoms with Gasteiger partial charge in [0.1, 0.15) is 0 Å². The fourth-order valence-electron chi connectivity index (χ4n) is 1.48. The van der Waals surface area contributed by atoms with Crippen LogP contribution in [0.25, 0.3) is 10.1 Å². The molecule has 0 saturated heterocycles. The molecule has 0 fully saturated rings. The summed E-state index contributed by atoms with van der Waals surface area (Å²) in [5.41, 5.74) is 0. The van der Waals surface area contributed by atoms with E-state index in [-0.39, 0.29) is 5.91 Å². The molecule has 0 saturated carbocycles. The van der Waals surface area contributed by atoms with Gasteiger partial charge in [0.15, 0.2) is 0 Å². The van der Waals surface area contributed by atoms with Gasteiger partial charge in [-0.05, 0) is 17.5 Å². The summed E-state index contributed by atoms with van der Waals surface area (Å²) in [5, 5.41) is 1.10. The third-order valence-corrected chi connectivity index (χ3v) is 3.42. The molecule has 0 aliphatic rings. The number of carbonyl (C=O) groups excluding carboxylic acids is 1. The first-order valence-corrected chi connectivity index (χ1v) is 5.71. The van der Waals surface area contributed by atoms with Gasteiger partial charge >= 0.3 is 0 Å². The molecular formula is C13H11NOS. The summed E-state index contributed by atoms with van der Waals surface area (Å²) in [6.45, 7) is 0.340. The molecule has 1 aromatic heterocycles. The normalized spacial score (nSPS) is 10.0. The first-order valence-electron chi connectivity index (χ1n) is 4.90. The molecule has 2 aromatic rings. The van der Waals surface area contributed by atoms with Gasteiger partial charge in [-0.1, -0.05) is 24.1 Å². The highest BCUT2D eigenvalue weighted by atomic mass is 32.1. The van der Waals surface area contributed by atoms with Gasteiger partial charge in [-0.25, -0.2) is 0 Å². The minimum Gasteiger partial charge on any atom is -0.330 e. The number of carbonyl (C=O) groups is 1. The second kappa shape index (κ2) is 4.38. The summed E-state index contributed by atoms with van der Waals surface area (Å²) < 4.78 is 1.12. The average Bonchev–Trinajstić information content (AvgIpc) is 2.71. The Hall–Kier alpha value is -1.79. The van der Waals surface area contributed by atoms with E-state index < -0.39 is 0 Å². The zero-order valence-corrected chi connectivity index (χ0v) is 9.75. The predicted molar refractivity (Wildman–Crippen MR) is 67.6 cm³/mol. The second-order valence-electron chi connectivity index (χ2n) is 3.51. The topological polar surface area (TPSA) is 20.3 Å². The number of fused-ring (bicyclic) bond motifs is 1. The van der Waals surface area contributed by atoms with Gasteiger partial charge in [0, 0.05) is 11.7 Å². The number of thiophene rings is 1. The van der Waals surface area contributed by atoms with Crippen LogP contribution in [-0.2, 0) is 0 Å². The zero-order chi connectivity index (χ0) is 11.5. The lowest BCUT2D eigenvalue weighted by molar-refractivity contribution is 0.0817. The summed E-state index contributed by atoms with van der Waals surface area (Å²) in [7, 11) is 1.71. The van der Waals surface area contributed by atoms with Crippen LogP contribution in [0.2, 0.25) is 0 Å². The lowest BCUT2D eigenvalue weighted by atomic mass is 10.2. The number of benzene rings is 1. The first-order chi connectivity index (χ1) is 7.72. The molecule has 0 unspecified atom stereocenters. The summed E-state index contributed by atoms with van der Waals surface area (Å²) in [6.07, 6.45) is 5.18. The van der Waals surface area contributed by atoms with Crippen molar-refractivity contribution in [2.75, 3.05) is 13.6 Å². The molecule has 1 aromatic carbocycles. The number of hydrogen-bond donors (Lipinski definition) is 0. The number of nitrogens with zero attached hydrogens (tertiary/aromatic N) is 1. The highest BCUT2D eigenvalue weighted by Crippen LogP contribution is 2.25. The largest absolute Gasteiger partial charge is 0.330 e. The van der Waals surface area contributed by atoms with Crippen molar-refractivity contribution in [3.05, 3.63) is 35.2 Å². The molecule has 0 N–H and O–H groups in total. The Morgan fingerprint density at radius 2 is 2.25 bits per heavy atom. The fraction of sp³-hybridized carbons (Fsp3) is 0.154. The summed E-state index contributed by atoms with van der Waals surface area (Å²) >= 11 is 1.50. The van der Waals surface area contributed by atoms with Crippen LogP contribution in [0.15, 0.2) is 30.3 Å². The quantitative estimate of drug-likeness (QED) is 0.725. The Morgan fingerprint density at radius 1 is 1.50 bits per heavy atom. The van der Waals surface area contributed by atoms with Crippen molar-refractivity contribution in [2.24, 2.45) is 0 Å². The van der Waals surface area contributed by atoms with Gasteiger partial charge in [-0.3, -0.25) is 4.79 Å². The maximum Gasteiger partial charge on any atom is 0.264 e. The van der Waals surface area contributed by atoms with Crippen LogP contribution in [0.1, 0.15) is 9.67 Å². The molecule has 16 heavy (non-hydrogen) atoms. The summed E-state index contributed by atoms with van der Waals surface area (Å²) in [4.78, 5) is 14.2. The van der Waals surface area contributed by atoms with Gasteiger partial charge in [-0.15, -0.1) is 17.8 Å². The van der Waals surface area contributed by atoms with Crippen LogP contribution >= 0.6 is 11.3 Å². The van der Waals surface area contributed by atoms with Gasteiger partial charge in [0.25, 0.3) is 5.91 Å². The molecule has 0 bridgehead atoms. The smallest absolute Gasteiger partial charge is 0.264 e. The van der Waals surface area contributed by atoms with Crippen LogP contribution in [0.5, 0.6) is 0 Å². The van der Waals surface area contributed by atoms with Crippen molar-refractivity contribution in [2.45, 2.75) is 0 Å². The van der Waals surface area contributed by atoms with Crippen molar-refractivity contribution in [1.29, 1.82) is 0 Å². The minimum absolute atomic E-state index is 0.0147. The van der Waals surface area contributed by atoms with Gasteiger partial charge in [-0.2, -0.15) is 0 Å². The maximum atomic E-state index is 11.9. The monoisotopic (exact) mass is 229 g/mol. The summed E-state index contributed by atoms with van der Waals surface area (Å²) in [5.74, 6) is 2.45. The van der Waals surface area contributed by atoms with E-state index in [0.29, 0.717) is 6.54 Å². The van der Waals surface area contributed by atoms with E-state index in [0.717, 1.165) is 15.0 Å². The Kier molecular flexibility index (Phi) is 2.93. The van der Waals surface area contributed by atoms with Gasteiger partial charge in [0.05, 0.1) is 11.4 Å². The second-order valence-corrected chi connectivity index (χ2v) is 4.60. The van der Waals surface area contributed by atoms with E-state index in [2.05, 4.69) is 5.92 Å². The van der Waals surface area contributed by atoms with E-state index in [1.807, 2.05) is 30.3 Å². The molecule has 2 nitrogen and oxygen atoms in total. The fourth-order valence-corrected chi connectivity index (χ4v) is 2.54. The number of hydrogen-bond acceptors (Lipinski definition) is 2. The SMILES string of the molecule is C#CCN(C)C(=O)c1cc2ccccc2s1. The first kappa shape index (κ1) is 10.7. The van der Waals surface area contributed by atoms with E-state index in [1.54, 1.807) is 11.9 Å². The van der Waals surface area contributed by atoms with E-state index in [1.165, 1.54) is 11.3 Å². The van der Waals surface area contributed by atoms with Crippen LogP contribution in [-0.4, -0.2) is 24.4 Å². The minimum atomic E-state index is -0.0147. The van der Waals surface area contributed by atoms with E-state index in [9.17, 15) is 4.79 Å². The number of amides is 1. The lowest BCUT2D eigenvalue weighted by Crippen LogP contribution is -2.26. The van der Waals surface area contributed by atoms with Crippen molar-refractivity contribution in [3.63, 3.8) is 0 Å². The Balaban J connectivity index is 2.34. The number of rotatable bonds is 2. The lowest BCUT2D eigenvalue weighted by Gasteiger charge is -2.11. The van der Waals surface area contributed by atoms with Crippen LogP contribution in [0.4, 0.5) is 0 Å². The van der Waals surface area contributed by atoms with Crippen LogP contribution in [0.3, 0.4) is 0 Å². The molecule has 3 heteroatoms. The highest BCUT2D eigenvalue weighted by molar-refractivity contribution is 7.20. The molecule has 0 radical (unpaired) electrons. The van der Waals surface area contributed by atoms with Crippen molar-refractivity contribution >= 4 is 27.3 Å². The molecule has 80 valence electrons.